The number of aromatic nitrogens is 2. The first-order chi connectivity index (χ1) is 8.34. The molecule has 1 aliphatic rings. The highest BCUT2D eigenvalue weighted by molar-refractivity contribution is 7.03. The van der Waals surface area contributed by atoms with Gasteiger partial charge in [0.05, 0.1) is 5.92 Å². The molecule has 0 atom stereocenters. The molecule has 5 heteroatoms. The van der Waals surface area contributed by atoms with Crippen LogP contribution in [-0.4, -0.2) is 15.6 Å². The number of hydrogen-bond donors (Lipinski definition) is 0. The molecule has 0 N–H and O–H groups in total. The maximum absolute atomic E-state index is 11.6. The molecule has 1 saturated carbocycles. The number of hydrogen-bond acceptors (Lipinski definition) is 5. The lowest BCUT2D eigenvalue weighted by atomic mass is 10.1. The van der Waals surface area contributed by atoms with Crippen molar-refractivity contribution in [3.63, 3.8) is 0 Å². The van der Waals surface area contributed by atoms with Crippen molar-refractivity contribution in [3.05, 3.63) is 29.6 Å². The Morgan fingerprint density at radius 1 is 1.35 bits per heavy atom. The molecule has 4 nitrogen and oxygen atoms in total. The van der Waals surface area contributed by atoms with Crippen LogP contribution < -0.4 is 4.74 Å². The van der Waals surface area contributed by atoms with Crippen molar-refractivity contribution in [1.29, 1.82) is 0 Å². The SMILES string of the molecule is O=C(Oc1ccccc1-c1csnn1)C1CC1. The van der Waals surface area contributed by atoms with Crippen molar-refractivity contribution in [2.45, 2.75) is 12.8 Å². The molecule has 0 aliphatic heterocycles. The molecule has 1 heterocycles. The van der Waals surface area contributed by atoms with Crippen LogP contribution in [0.2, 0.25) is 0 Å². The standard InChI is InChI=1S/C12H10N2O2S/c15-12(8-5-6-8)16-11-4-2-1-3-9(11)10-7-17-14-13-10/h1-4,7-8H,5-6H2. The molecule has 17 heavy (non-hydrogen) atoms. The number of ether oxygens (including phenoxy) is 1. The van der Waals surface area contributed by atoms with Crippen LogP contribution in [0, 0.1) is 5.92 Å². The van der Waals surface area contributed by atoms with Crippen LogP contribution in [0.15, 0.2) is 29.6 Å². The predicted octanol–water partition coefficient (Wildman–Crippen LogP) is 2.52. The van der Waals surface area contributed by atoms with E-state index in [0.29, 0.717) is 5.75 Å². The Bertz CT molecular complexity index is 535. The summed E-state index contributed by atoms with van der Waals surface area (Å²) in [6, 6.07) is 7.41. The van der Waals surface area contributed by atoms with Gasteiger partial charge in [-0.2, -0.15) is 0 Å². The fourth-order valence-corrected chi connectivity index (χ4v) is 2.02. The highest BCUT2D eigenvalue weighted by Crippen LogP contribution is 2.34. The molecule has 3 rings (SSSR count). The van der Waals surface area contributed by atoms with E-state index in [1.54, 1.807) is 6.07 Å². The Kier molecular flexibility index (Phi) is 2.60. The zero-order valence-electron chi connectivity index (χ0n) is 9.00. The van der Waals surface area contributed by atoms with Gasteiger partial charge < -0.3 is 4.74 Å². The second-order valence-corrected chi connectivity index (χ2v) is 4.59. The zero-order valence-corrected chi connectivity index (χ0v) is 9.81. The molecule has 0 radical (unpaired) electrons. The molecule has 1 aromatic heterocycles. The number of para-hydroxylation sites is 1. The van der Waals surface area contributed by atoms with Gasteiger partial charge in [-0.1, -0.05) is 16.6 Å². The van der Waals surface area contributed by atoms with Gasteiger partial charge in [0.15, 0.2) is 0 Å². The monoisotopic (exact) mass is 246 g/mol. The third kappa shape index (κ3) is 2.19. The van der Waals surface area contributed by atoms with Crippen LogP contribution in [0.5, 0.6) is 5.75 Å². The molecule has 86 valence electrons. The Morgan fingerprint density at radius 3 is 2.88 bits per heavy atom. The summed E-state index contributed by atoms with van der Waals surface area (Å²) in [4.78, 5) is 11.6. The summed E-state index contributed by atoms with van der Waals surface area (Å²) in [5.74, 6) is 0.523. The largest absolute Gasteiger partial charge is 0.426 e. The fraction of sp³-hybridized carbons (Fsp3) is 0.250. The first-order valence-corrected chi connectivity index (χ1v) is 6.26. The lowest BCUT2D eigenvalue weighted by Crippen LogP contribution is -2.10. The van der Waals surface area contributed by atoms with Crippen molar-refractivity contribution in [2.75, 3.05) is 0 Å². The van der Waals surface area contributed by atoms with Crippen molar-refractivity contribution >= 4 is 17.5 Å². The third-order valence-electron chi connectivity index (χ3n) is 2.64. The van der Waals surface area contributed by atoms with Crippen LogP contribution in [0.25, 0.3) is 11.3 Å². The summed E-state index contributed by atoms with van der Waals surface area (Å²) in [6.45, 7) is 0. The summed E-state index contributed by atoms with van der Waals surface area (Å²) >= 11 is 1.28. The summed E-state index contributed by atoms with van der Waals surface area (Å²) in [7, 11) is 0. The Morgan fingerprint density at radius 2 is 2.18 bits per heavy atom. The normalized spacial score (nSPS) is 14.6. The Balaban J connectivity index is 1.90. The van der Waals surface area contributed by atoms with Gasteiger partial charge in [0.25, 0.3) is 0 Å². The molecular weight excluding hydrogens is 236 g/mol. The fourth-order valence-electron chi connectivity index (χ4n) is 1.56. The van der Waals surface area contributed by atoms with Gasteiger partial charge in [-0.05, 0) is 36.5 Å². The minimum Gasteiger partial charge on any atom is -0.426 e. The van der Waals surface area contributed by atoms with E-state index in [-0.39, 0.29) is 11.9 Å². The second kappa shape index (κ2) is 4.25. The molecule has 0 amide bonds. The maximum Gasteiger partial charge on any atom is 0.314 e. The van der Waals surface area contributed by atoms with E-state index in [4.69, 9.17) is 4.74 Å². The van der Waals surface area contributed by atoms with Crippen molar-refractivity contribution in [3.8, 4) is 17.0 Å². The number of esters is 1. The molecule has 0 spiro atoms. The molecule has 0 unspecified atom stereocenters. The number of nitrogens with zero attached hydrogens (tertiary/aromatic N) is 2. The third-order valence-corrected chi connectivity index (χ3v) is 3.15. The Labute approximate surface area is 102 Å². The smallest absolute Gasteiger partial charge is 0.314 e. The summed E-state index contributed by atoms with van der Waals surface area (Å²) < 4.78 is 9.21. The first kappa shape index (κ1) is 10.4. The Hall–Kier alpha value is -1.75. The number of benzene rings is 1. The lowest BCUT2D eigenvalue weighted by Gasteiger charge is -2.07. The van der Waals surface area contributed by atoms with Gasteiger partial charge in [-0.15, -0.1) is 5.10 Å². The van der Waals surface area contributed by atoms with E-state index in [1.807, 2.05) is 23.6 Å². The van der Waals surface area contributed by atoms with Crippen molar-refractivity contribution in [1.82, 2.24) is 9.59 Å². The summed E-state index contributed by atoms with van der Waals surface area (Å²) in [5.41, 5.74) is 1.56. The van der Waals surface area contributed by atoms with E-state index in [0.717, 1.165) is 24.1 Å². The molecule has 2 aromatic rings. The molecule has 1 aliphatic carbocycles. The van der Waals surface area contributed by atoms with Gasteiger partial charge in [0, 0.05) is 10.9 Å². The highest BCUT2D eigenvalue weighted by Gasteiger charge is 2.32. The van der Waals surface area contributed by atoms with Crippen LogP contribution in [-0.2, 0) is 4.79 Å². The molecule has 1 fully saturated rings. The van der Waals surface area contributed by atoms with E-state index < -0.39 is 0 Å². The van der Waals surface area contributed by atoms with Crippen LogP contribution in [0.4, 0.5) is 0 Å². The van der Waals surface area contributed by atoms with Gasteiger partial charge in [0.1, 0.15) is 11.4 Å². The van der Waals surface area contributed by atoms with E-state index in [9.17, 15) is 4.79 Å². The van der Waals surface area contributed by atoms with E-state index in [1.165, 1.54) is 11.5 Å². The van der Waals surface area contributed by atoms with E-state index in [2.05, 4.69) is 9.59 Å². The molecular formula is C12H10N2O2S. The van der Waals surface area contributed by atoms with Crippen LogP contribution in [0.1, 0.15) is 12.8 Å². The van der Waals surface area contributed by atoms with Crippen LogP contribution >= 0.6 is 11.5 Å². The molecule has 1 aromatic carbocycles. The summed E-state index contributed by atoms with van der Waals surface area (Å²) in [5, 5.41) is 5.83. The lowest BCUT2D eigenvalue weighted by molar-refractivity contribution is -0.135. The van der Waals surface area contributed by atoms with Gasteiger partial charge in [-0.3, -0.25) is 4.79 Å². The minimum absolute atomic E-state index is 0.0941. The van der Waals surface area contributed by atoms with E-state index >= 15 is 0 Å². The average Bonchev–Trinajstić information content (AvgIpc) is 3.06. The zero-order chi connectivity index (χ0) is 11.7. The second-order valence-electron chi connectivity index (χ2n) is 3.98. The number of rotatable bonds is 3. The highest BCUT2D eigenvalue weighted by atomic mass is 32.1. The average molecular weight is 246 g/mol. The van der Waals surface area contributed by atoms with Gasteiger partial charge in [-0.25, -0.2) is 0 Å². The first-order valence-electron chi connectivity index (χ1n) is 5.43. The quantitative estimate of drug-likeness (QED) is 0.617. The summed E-state index contributed by atoms with van der Waals surface area (Å²) in [6.07, 6.45) is 1.89. The molecule has 0 saturated heterocycles. The van der Waals surface area contributed by atoms with Crippen LogP contribution in [0.3, 0.4) is 0 Å². The minimum atomic E-state index is -0.138. The van der Waals surface area contributed by atoms with Crippen molar-refractivity contribution in [2.24, 2.45) is 5.92 Å². The van der Waals surface area contributed by atoms with Gasteiger partial charge in [0.2, 0.25) is 0 Å². The topological polar surface area (TPSA) is 52.1 Å². The number of carbonyl (C=O) groups excluding carboxylic acids is 1. The van der Waals surface area contributed by atoms with Crippen molar-refractivity contribution < 1.29 is 9.53 Å². The maximum atomic E-state index is 11.6. The number of carbonyl (C=O) groups is 1. The predicted molar refractivity (Wildman–Crippen MR) is 63.7 cm³/mol. The van der Waals surface area contributed by atoms with Gasteiger partial charge >= 0.3 is 5.97 Å². The molecule has 0 bridgehead atoms.